The summed E-state index contributed by atoms with van der Waals surface area (Å²) in [6.45, 7) is 5.16. The molecule has 0 amide bonds. The minimum atomic E-state index is -0.683. The first-order chi connectivity index (χ1) is 10.1. The van der Waals surface area contributed by atoms with Crippen molar-refractivity contribution in [3.63, 3.8) is 0 Å². The SMILES string of the molecule is CN(C)c1ccc(/C=C(\C#N)C(=O)C(C)(C)C)cc1[N+](=O)[O-]. The van der Waals surface area contributed by atoms with Crippen molar-refractivity contribution in [3.05, 3.63) is 39.4 Å². The lowest BCUT2D eigenvalue weighted by molar-refractivity contribution is -0.384. The second kappa shape index (κ2) is 6.39. The molecule has 0 spiro atoms. The lowest BCUT2D eigenvalue weighted by atomic mass is 9.86. The van der Waals surface area contributed by atoms with Crippen molar-refractivity contribution in [1.82, 2.24) is 0 Å². The van der Waals surface area contributed by atoms with Crippen molar-refractivity contribution < 1.29 is 9.72 Å². The summed E-state index contributed by atoms with van der Waals surface area (Å²) in [5, 5.41) is 20.3. The third kappa shape index (κ3) is 3.92. The van der Waals surface area contributed by atoms with E-state index in [0.29, 0.717) is 11.3 Å². The molecule has 0 bridgehead atoms. The Bertz CT molecular complexity index is 677. The van der Waals surface area contributed by atoms with Crippen LogP contribution in [0.5, 0.6) is 0 Å². The summed E-state index contributed by atoms with van der Waals surface area (Å²) in [5.74, 6) is -0.297. The molecular weight excluding hydrogens is 282 g/mol. The third-order valence-electron chi connectivity index (χ3n) is 3.04. The molecule has 0 fully saturated rings. The lowest BCUT2D eigenvalue weighted by Gasteiger charge is -2.16. The molecule has 6 heteroatoms. The molecule has 1 rings (SSSR count). The fraction of sp³-hybridized carbons (Fsp3) is 0.375. The molecule has 0 aliphatic rings. The number of ketones is 1. The van der Waals surface area contributed by atoms with E-state index in [9.17, 15) is 14.9 Å². The molecule has 1 aromatic rings. The molecular formula is C16H19N3O3. The fourth-order valence-corrected chi connectivity index (χ4v) is 1.87. The van der Waals surface area contributed by atoms with Crippen LogP contribution in [0.15, 0.2) is 23.8 Å². The third-order valence-corrected chi connectivity index (χ3v) is 3.04. The molecule has 0 saturated carbocycles. The topological polar surface area (TPSA) is 87.2 Å². The van der Waals surface area contributed by atoms with E-state index in [2.05, 4.69) is 0 Å². The second-order valence-electron chi connectivity index (χ2n) is 6.15. The Balaban J connectivity index is 3.37. The van der Waals surface area contributed by atoms with Gasteiger partial charge in [0, 0.05) is 25.6 Å². The van der Waals surface area contributed by atoms with E-state index in [1.807, 2.05) is 6.07 Å². The van der Waals surface area contributed by atoms with Crippen molar-refractivity contribution in [3.8, 4) is 6.07 Å². The largest absolute Gasteiger partial charge is 0.372 e. The van der Waals surface area contributed by atoms with E-state index in [1.165, 1.54) is 12.1 Å². The van der Waals surface area contributed by atoms with Crippen LogP contribution in [0.1, 0.15) is 26.3 Å². The number of carbonyl (C=O) groups excluding carboxylic acids is 1. The zero-order valence-electron chi connectivity index (χ0n) is 13.4. The molecule has 116 valence electrons. The summed E-state index contributed by atoms with van der Waals surface area (Å²) in [6, 6.07) is 6.48. The quantitative estimate of drug-likeness (QED) is 0.369. The molecule has 0 aromatic heterocycles. The predicted molar refractivity (Wildman–Crippen MR) is 85.5 cm³/mol. The molecule has 0 heterocycles. The van der Waals surface area contributed by atoms with Gasteiger partial charge in [-0.2, -0.15) is 5.26 Å². The van der Waals surface area contributed by atoms with Gasteiger partial charge < -0.3 is 4.90 Å². The molecule has 0 unspecified atom stereocenters. The fourth-order valence-electron chi connectivity index (χ4n) is 1.87. The number of nitro benzene ring substituents is 1. The number of hydrogen-bond donors (Lipinski definition) is 0. The second-order valence-corrected chi connectivity index (χ2v) is 6.15. The van der Waals surface area contributed by atoms with E-state index >= 15 is 0 Å². The lowest BCUT2D eigenvalue weighted by Crippen LogP contribution is -2.21. The first-order valence-corrected chi connectivity index (χ1v) is 6.70. The van der Waals surface area contributed by atoms with Crippen LogP contribution in [-0.4, -0.2) is 24.8 Å². The molecule has 0 aliphatic heterocycles. The maximum Gasteiger partial charge on any atom is 0.293 e. The Morgan fingerprint density at radius 2 is 1.95 bits per heavy atom. The van der Waals surface area contributed by atoms with Gasteiger partial charge in [-0.05, 0) is 17.7 Å². The van der Waals surface area contributed by atoms with Crippen molar-refractivity contribution in [2.75, 3.05) is 19.0 Å². The minimum Gasteiger partial charge on any atom is -0.372 e. The van der Waals surface area contributed by atoms with Crippen molar-refractivity contribution in [2.45, 2.75) is 20.8 Å². The number of nitrogens with zero attached hydrogens (tertiary/aromatic N) is 3. The Hall–Kier alpha value is -2.68. The van der Waals surface area contributed by atoms with Crippen LogP contribution in [0.2, 0.25) is 0 Å². The maximum absolute atomic E-state index is 12.2. The highest BCUT2D eigenvalue weighted by Crippen LogP contribution is 2.29. The van der Waals surface area contributed by atoms with E-state index in [-0.39, 0.29) is 17.0 Å². The number of rotatable bonds is 4. The molecule has 6 nitrogen and oxygen atoms in total. The van der Waals surface area contributed by atoms with Gasteiger partial charge in [-0.25, -0.2) is 0 Å². The van der Waals surface area contributed by atoms with Crippen molar-refractivity contribution in [2.24, 2.45) is 5.41 Å². The van der Waals surface area contributed by atoms with Gasteiger partial charge in [0.1, 0.15) is 11.8 Å². The zero-order chi connectivity index (χ0) is 17.1. The maximum atomic E-state index is 12.2. The van der Waals surface area contributed by atoms with Gasteiger partial charge in [0.05, 0.1) is 10.5 Å². The normalized spacial score (nSPS) is 11.7. The number of allylic oxidation sites excluding steroid dienone is 1. The average molecular weight is 301 g/mol. The van der Waals surface area contributed by atoms with Crippen LogP contribution in [0, 0.1) is 26.9 Å². The van der Waals surface area contributed by atoms with Gasteiger partial charge in [-0.15, -0.1) is 0 Å². The number of anilines is 1. The summed E-state index contributed by atoms with van der Waals surface area (Å²) >= 11 is 0. The standard InChI is InChI=1S/C16H19N3O3/c1-16(2,3)15(20)12(10-17)8-11-6-7-13(18(4)5)14(9-11)19(21)22/h6-9H,1-5H3/b12-8+. The van der Waals surface area contributed by atoms with Gasteiger partial charge in [-0.1, -0.05) is 26.8 Å². The summed E-state index contributed by atoms with van der Waals surface area (Å²) in [5.41, 5.74) is 0.143. The zero-order valence-corrected chi connectivity index (χ0v) is 13.4. The summed E-state index contributed by atoms with van der Waals surface area (Å²) < 4.78 is 0. The molecule has 0 N–H and O–H groups in total. The average Bonchev–Trinajstić information content (AvgIpc) is 2.42. The van der Waals surface area contributed by atoms with E-state index in [1.54, 1.807) is 51.9 Å². The smallest absolute Gasteiger partial charge is 0.293 e. The highest BCUT2D eigenvalue weighted by molar-refractivity contribution is 6.06. The van der Waals surface area contributed by atoms with Crippen LogP contribution in [0.4, 0.5) is 11.4 Å². The first kappa shape index (κ1) is 17.4. The Kier molecular flexibility index (Phi) is 5.05. The number of hydrogen-bond acceptors (Lipinski definition) is 5. The number of benzene rings is 1. The Morgan fingerprint density at radius 1 is 1.36 bits per heavy atom. The monoisotopic (exact) mass is 301 g/mol. The highest BCUT2D eigenvalue weighted by Gasteiger charge is 2.25. The number of Topliss-reactive ketones (excluding diaryl/α,β-unsaturated/α-hetero) is 1. The molecule has 0 aliphatic carbocycles. The summed E-state index contributed by atoms with van der Waals surface area (Å²) in [6.07, 6.45) is 1.39. The molecule has 22 heavy (non-hydrogen) atoms. The number of carbonyl (C=O) groups is 1. The van der Waals surface area contributed by atoms with E-state index < -0.39 is 10.3 Å². The molecule has 0 atom stereocenters. The number of nitro groups is 1. The van der Waals surface area contributed by atoms with Crippen molar-refractivity contribution >= 4 is 23.2 Å². The first-order valence-electron chi connectivity index (χ1n) is 6.70. The predicted octanol–water partition coefficient (Wildman–Crippen LogP) is 3.18. The van der Waals surface area contributed by atoms with E-state index in [0.717, 1.165) is 0 Å². The number of nitriles is 1. The van der Waals surface area contributed by atoms with Crippen molar-refractivity contribution in [1.29, 1.82) is 5.26 Å². The minimum absolute atomic E-state index is 0.0144. The van der Waals surface area contributed by atoms with Crippen LogP contribution >= 0.6 is 0 Å². The van der Waals surface area contributed by atoms with Gasteiger partial charge in [0.15, 0.2) is 5.78 Å². The van der Waals surface area contributed by atoms with E-state index in [4.69, 9.17) is 5.26 Å². The summed E-state index contributed by atoms with van der Waals surface area (Å²) in [7, 11) is 3.42. The molecule has 0 radical (unpaired) electrons. The van der Waals surface area contributed by atoms with Gasteiger partial charge >= 0.3 is 0 Å². The van der Waals surface area contributed by atoms with Gasteiger partial charge in [-0.3, -0.25) is 14.9 Å². The molecule has 0 saturated heterocycles. The van der Waals surface area contributed by atoms with Crippen LogP contribution in [0.25, 0.3) is 6.08 Å². The molecule has 1 aromatic carbocycles. The van der Waals surface area contributed by atoms with Crippen LogP contribution in [-0.2, 0) is 4.79 Å². The highest BCUT2D eigenvalue weighted by atomic mass is 16.6. The summed E-state index contributed by atoms with van der Waals surface area (Å²) in [4.78, 5) is 24.5. The van der Waals surface area contributed by atoms with Gasteiger partial charge in [0.2, 0.25) is 0 Å². The van der Waals surface area contributed by atoms with Crippen LogP contribution in [0.3, 0.4) is 0 Å². The van der Waals surface area contributed by atoms with Gasteiger partial charge in [0.25, 0.3) is 5.69 Å². The van der Waals surface area contributed by atoms with Crippen LogP contribution < -0.4 is 4.90 Å². The Labute approximate surface area is 129 Å². The Morgan fingerprint density at radius 3 is 2.36 bits per heavy atom.